The van der Waals surface area contributed by atoms with E-state index in [2.05, 4.69) is 0 Å². The molecule has 0 aromatic heterocycles. The molecule has 4 aliphatic carbocycles. The van der Waals surface area contributed by atoms with Crippen LogP contribution in [0, 0.1) is 40.4 Å². The lowest BCUT2D eigenvalue weighted by Gasteiger charge is -2.65. The smallest absolute Gasteiger partial charge is 0.336 e. The van der Waals surface area contributed by atoms with E-state index in [9.17, 15) is 49.8 Å². The first-order chi connectivity index (χ1) is 25.7. The van der Waals surface area contributed by atoms with Gasteiger partial charge in [-0.3, -0.25) is 14.4 Å². The average molecular weight is 801 g/mol. The average Bonchev–Trinajstić information content (AvgIpc) is 3.86. The van der Waals surface area contributed by atoms with Gasteiger partial charge in [0, 0.05) is 49.4 Å². The second-order valence-corrected chi connectivity index (χ2v) is 17.9. The Kier molecular flexibility index (Phi) is 10.6. The number of rotatable bonds is 8. The number of hydrogen-bond donors (Lipinski definition) is 6. The molecule has 7 aliphatic rings. The van der Waals surface area contributed by atoms with Gasteiger partial charge < -0.3 is 59.1 Å². The Morgan fingerprint density at radius 3 is 2.27 bits per heavy atom. The van der Waals surface area contributed by atoms with Crippen LogP contribution in [0.5, 0.6) is 0 Å². The maximum atomic E-state index is 14.4. The predicted octanol–water partition coefficient (Wildman–Crippen LogP) is -0.328. The fourth-order valence-electron chi connectivity index (χ4n) is 11.8. The van der Waals surface area contributed by atoms with Gasteiger partial charge in [0.05, 0.1) is 30.3 Å². The van der Waals surface area contributed by atoms with Crippen molar-refractivity contribution in [3.63, 3.8) is 0 Å². The van der Waals surface area contributed by atoms with E-state index in [1.165, 1.54) is 13.8 Å². The van der Waals surface area contributed by atoms with Crippen LogP contribution in [-0.4, -0.2) is 146 Å². The quantitative estimate of drug-likeness (QED) is 0.0796. The molecule has 55 heavy (non-hydrogen) atoms. The fourth-order valence-corrected chi connectivity index (χ4v) is 12.2. The van der Waals surface area contributed by atoms with Crippen LogP contribution in [-0.2, 0) is 47.6 Å². The standard InChI is InChI=1S/C38H53ClO16/c1-13-7-22(53-34(48)17(13)12-50-35-29(46)28(45)27(44)23(11-40)54-35)14(2)26-21(43)8-18-25-19(9-24(36(18,26)5)51-15(3)41)37(6)32(47)30(52-16(4)42)20(39)10-38(37,49)33-31(25)55-33/h14,18-20,22-33,35,40,44-47,49H,7-12H2,1-6H3/t14-,18+,19+,20+,22-,23+,24+,25+,26+,27+,28-,29+,30+,31+,32+,33+,35+,36-,37+,38+/m1/s1. The van der Waals surface area contributed by atoms with Gasteiger partial charge in [0.15, 0.2) is 6.29 Å². The van der Waals surface area contributed by atoms with Crippen LogP contribution in [0.3, 0.4) is 0 Å². The van der Waals surface area contributed by atoms with Gasteiger partial charge in [0.2, 0.25) is 0 Å². The minimum Gasteiger partial charge on any atom is -0.462 e. The number of ether oxygens (including phenoxy) is 6. The molecular weight excluding hydrogens is 748 g/mol. The summed E-state index contributed by atoms with van der Waals surface area (Å²) >= 11 is 6.66. The van der Waals surface area contributed by atoms with Crippen molar-refractivity contribution in [2.75, 3.05) is 13.2 Å². The fraction of sp³-hybridized carbons (Fsp3) is 0.842. The summed E-state index contributed by atoms with van der Waals surface area (Å²) in [5, 5.41) is 63.6. The lowest BCUT2D eigenvalue weighted by molar-refractivity contribution is -0.299. The number of aliphatic hydroxyl groups is 6. The summed E-state index contributed by atoms with van der Waals surface area (Å²) in [5.74, 6) is -4.60. The van der Waals surface area contributed by atoms with E-state index >= 15 is 0 Å². The molecule has 2 saturated heterocycles. The molecule has 0 spiro atoms. The molecule has 0 aromatic rings. The van der Waals surface area contributed by atoms with Crippen LogP contribution >= 0.6 is 11.6 Å². The van der Waals surface area contributed by atoms with E-state index in [4.69, 9.17) is 40.0 Å². The van der Waals surface area contributed by atoms with Crippen LogP contribution in [0.15, 0.2) is 11.1 Å². The summed E-state index contributed by atoms with van der Waals surface area (Å²) in [7, 11) is 0. The number of epoxide rings is 1. The highest BCUT2D eigenvalue weighted by atomic mass is 35.5. The summed E-state index contributed by atoms with van der Waals surface area (Å²) in [6.45, 7) is 8.72. The van der Waals surface area contributed by atoms with Crippen LogP contribution in [0.2, 0.25) is 0 Å². The zero-order valence-electron chi connectivity index (χ0n) is 31.7. The molecule has 7 rings (SSSR count). The van der Waals surface area contributed by atoms with Crippen molar-refractivity contribution in [2.45, 2.75) is 146 Å². The third kappa shape index (κ3) is 6.11. The molecule has 0 unspecified atom stereocenters. The zero-order chi connectivity index (χ0) is 40.3. The van der Waals surface area contributed by atoms with Crippen LogP contribution < -0.4 is 0 Å². The minimum absolute atomic E-state index is 0.0152. The molecule has 6 N–H and O–H groups in total. The van der Waals surface area contributed by atoms with Crippen LogP contribution in [0.1, 0.15) is 67.2 Å². The second kappa shape index (κ2) is 14.2. The Bertz CT molecular complexity index is 1620. The minimum atomic E-state index is -1.65. The number of esters is 3. The second-order valence-electron chi connectivity index (χ2n) is 17.4. The van der Waals surface area contributed by atoms with Gasteiger partial charge in [0.1, 0.15) is 66.3 Å². The van der Waals surface area contributed by atoms with Crippen LogP contribution in [0.4, 0.5) is 0 Å². The lowest BCUT2D eigenvalue weighted by Crippen LogP contribution is -2.75. The molecule has 0 aromatic carbocycles. The van der Waals surface area contributed by atoms with E-state index in [-0.39, 0.29) is 49.6 Å². The molecule has 0 amide bonds. The molecule has 17 heteroatoms. The number of halogens is 1. The number of ketones is 1. The van der Waals surface area contributed by atoms with Crippen LogP contribution in [0.25, 0.3) is 0 Å². The van der Waals surface area contributed by atoms with Crippen molar-refractivity contribution in [1.29, 1.82) is 0 Å². The SMILES string of the molecule is CC(=O)O[C@H]1[C@@H](Cl)C[C@]2(O)[C@H]3O[C@H]3[C@H]3[C@@H]4CC(=O)[C@H]([C@H](C)[C@H]5CC(C)=C(CO[C@H]6O[C@@H](CO)[C@H](O)[C@@H](O)[C@@H]6O)C(=O)O5)[C@@]4(C)[C@@H](OC(C)=O)C[C@@H]3[C@@]2(C)[C@H]1O. The van der Waals surface area contributed by atoms with E-state index in [1.807, 2.05) is 13.8 Å². The van der Waals surface area contributed by atoms with Gasteiger partial charge in [-0.1, -0.05) is 26.3 Å². The van der Waals surface area contributed by atoms with Gasteiger partial charge >= 0.3 is 17.9 Å². The van der Waals surface area contributed by atoms with Crippen molar-refractivity contribution in [1.82, 2.24) is 0 Å². The van der Waals surface area contributed by atoms with E-state index in [0.29, 0.717) is 5.57 Å². The Morgan fingerprint density at radius 2 is 1.65 bits per heavy atom. The molecule has 0 bridgehead atoms. The third-order valence-corrected chi connectivity index (χ3v) is 15.1. The van der Waals surface area contributed by atoms with Crippen molar-refractivity contribution < 1.29 is 78.2 Å². The van der Waals surface area contributed by atoms with Gasteiger partial charge in [-0.05, 0) is 37.5 Å². The third-order valence-electron chi connectivity index (χ3n) is 14.7. The number of aliphatic hydroxyl groups excluding tert-OH is 5. The number of Topliss-reactive ketones (excluding diaryl/α,β-unsaturated/α-hetero) is 1. The van der Waals surface area contributed by atoms with Gasteiger partial charge in [-0.25, -0.2) is 4.79 Å². The topological polar surface area (TPSA) is 248 Å². The molecule has 0 radical (unpaired) electrons. The van der Waals surface area contributed by atoms with Gasteiger partial charge in [-0.15, -0.1) is 11.6 Å². The highest BCUT2D eigenvalue weighted by Gasteiger charge is 2.81. The monoisotopic (exact) mass is 800 g/mol. The Balaban J connectivity index is 1.15. The summed E-state index contributed by atoms with van der Waals surface area (Å²) in [6, 6.07) is 0. The Hall–Kier alpha value is -2.25. The number of cyclic esters (lactones) is 1. The van der Waals surface area contributed by atoms with Gasteiger partial charge in [0.25, 0.3) is 0 Å². The molecule has 20 atom stereocenters. The highest BCUT2D eigenvalue weighted by Crippen LogP contribution is 2.73. The first-order valence-electron chi connectivity index (χ1n) is 19.1. The lowest BCUT2D eigenvalue weighted by atomic mass is 9.41. The van der Waals surface area contributed by atoms with Crippen molar-refractivity contribution in [3.05, 3.63) is 11.1 Å². The number of alkyl halides is 1. The molecular formula is C38H53ClO16. The summed E-state index contributed by atoms with van der Waals surface area (Å²) in [4.78, 5) is 52.8. The number of fused-ring (bicyclic) bond motifs is 8. The van der Waals surface area contributed by atoms with E-state index < -0.39 is 137 Å². The molecule has 308 valence electrons. The van der Waals surface area contributed by atoms with Crippen molar-refractivity contribution in [3.8, 4) is 0 Å². The largest absolute Gasteiger partial charge is 0.462 e. The number of hydrogen-bond acceptors (Lipinski definition) is 16. The van der Waals surface area contributed by atoms with Gasteiger partial charge in [-0.2, -0.15) is 0 Å². The maximum Gasteiger partial charge on any atom is 0.336 e. The zero-order valence-corrected chi connectivity index (χ0v) is 32.5. The number of carbonyl (C=O) groups is 4. The highest BCUT2D eigenvalue weighted by molar-refractivity contribution is 6.21. The van der Waals surface area contributed by atoms with Crippen molar-refractivity contribution >= 4 is 35.3 Å². The molecule has 16 nitrogen and oxygen atoms in total. The first kappa shape index (κ1) is 40.9. The first-order valence-corrected chi connectivity index (χ1v) is 19.5. The van der Waals surface area contributed by atoms with E-state index in [0.717, 1.165) is 0 Å². The summed E-state index contributed by atoms with van der Waals surface area (Å²) in [6.07, 6.45) is -12.3. The molecule has 4 saturated carbocycles. The predicted molar refractivity (Wildman–Crippen MR) is 185 cm³/mol. The molecule has 3 aliphatic heterocycles. The molecule has 6 fully saturated rings. The van der Waals surface area contributed by atoms with E-state index in [1.54, 1.807) is 13.8 Å². The summed E-state index contributed by atoms with van der Waals surface area (Å²) < 4.78 is 34.9. The van der Waals surface area contributed by atoms with Crippen molar-refractivity contribution in [2.24, 2.45) is 40.4 Å². The molecule has 3 heterocycles. The Labute approximate surface area is 323 Å². The Morgan fingerprint density at radius 1 is 0.982 bits per heavy atom. The maximum absolute atomic E-state index is 14.4. The normalized spacial score (nSPS) is 50.9. The number of carbonyl (C=O) groups excluding carboxylic acids is 4. The summed E-state index contributed by atoms with van der Waals surface area (Å²) in [5.41, 5.74) is -3.15.